The van der Waals surface area contributed by atoms with E-state index in [2.05, 4.69) is 21.2 Å². The second-order valence-corrected chi connectivity index (χ2v) is 6.98. The Morgan fingerprint density at radius 3 is 2.71 bits per heavy atom. The van der Waals surface area contributed by atoms with Crippen LogP contribution in [0.4, 0.5) is 0 Å². The zero-order valence-corrected chi connectivity index (χ0v) is 15.1. The highest BCUT2D eigenvalue weighted by atomic mass is 79.9. The third-order valence-electron chi connectivity index (χ3n) is 3.23. The maximum absolute atomic E-state index is 9.96. The molecule has 0 radical (unpaired) electrons. The van der Waals surface area contributed by atoms with Gasteiger partial charge in [-0.1, -0.05) is 6.07 Å². The van der Waals surface area contributed by atoms with Gasteiger partial charge < -0.3 is 20.3 Å². The first kappa shape index (κ1) is 18.8. The minimum absolute atomic E-state index is 0.123. The van der Waals surface area contributed by atoms with Gasteiger partial charge in [-0.2, -0.15) is 11.8 Å². The summed E-state index contributed by atoms with van der Waals surface area (Å²) < 4.78 is 6.50. The van der Waals surface area contributed by atoms with Gasteiger partial charge in [0.05, 0.1) is 11.1 Å². The molecule has 0 aliphatic rings. The van der Waals surface area contributed by atoms with Gasteiger partial charge in [0.15, 0.2) is 0 Å². The van der Waals surface area contributed by atoms with Crippen LogP contribution in [0.1, 0.15) is 12.5 Å². The van der Waals surface area contributed by atoms with E-state index < -0.39 is 6.10 Å². The molecule has 0 bridgehead atoms. The van der Waals surface area contributed by atoms with Gasteiger partial charge in [0, 0.05) is 17.8 Å². The average Bonchev–Trinajstić information content (AvgIpc) is 2.45. The van der Waals surface area contributed by atoms with E-state index in [1.165, 1.54) is 0 Å². The number of hydrogen-bond acceptors (Lipinski definition) is 5. The van der Waals surface area contributed by atoms with Crippen LogP contribution in [0, 0.1) is 6.92 Å². The Morgan fingerprint density at radius 2 is 2.14 bits per heavy atom. The smallest absolute Gasteiger partial charge is 0.133 e. The average molecular weight is 378 g/mol. The lowest BCUT2D eigenvalue weighted by Crippen LogP contribution is -2.42. The van der Waals surface area contributed by atoms with E-state index in [0.717, 1.165) is 15.8 Å². The summed E-state index contributed by atoms with van der Waals surface area (Å²) in [4.78, 5) is 0. The van der Waals surface area contributed by atoms with Crippen LogP contribution in [0.5, 0.6) is 5.75 Å². The standard InChI is InChI=1S/C15H24BrNO3S/c1-10-4-5-14(13(16)6-10)20-9-12(19)7-17-11(2)15(8-18)21-3/h4-6,11-12,15,17-19H,7-9H2,1-3H3. The second kappa shape index (κ2) is 9.69. The number of benzene rings is 1. The van der Waals surface area contributed by atoms with Crippen LogP contribution in [0.25, 0.3) is 0 Å². The van der Waals surface area contributed by atoms with Crippen LogP contribution in [0.2, 0.25) is 0 Å². The first-order valence-electron chi connectivity index (χ1n) is 6.92. The van der Waals surface area contributed by atoms with Crippen LogP contribution in [0.15, 0.2) is 22.7 Å². The van der Waals surface area contributed by atoms with Crippen LogP contribution in [0.3, 0.4) is 0 Å². The number of aliphatic hydroxyl groups excluding tert-OH is 2. The minimum Gasteiger partial charge on any atom is -0.490 e. The monoisotopic (exact) mass is 377 g/mol. The fourth-order valence-corrected chi connectivity index (χ4v) is 3.12. The number of rotatable bonds is 9. The summed E-state index contributed by atoms with van der Waals surface area (Å²) in [6, 6.07) is 5.96. The number of thioether (sulfide) groups is 1. The van der Waals surface area contributed by atoms with Gasteiger partial charge in [-0.3, -0.25) is 0 Å². The van der Waals surface area contributed by atoms with Crippen LogP contribution < -0.4 is 10.1 Å². The van der Waals surface area contributed by atoms with Crippen molar-refractivity contribution in [2.45, 2.75) is 31.2 Å². The summed E-state index contributed by atoms with van der Waals surface area (Å²) in [6.07, 6.45) is 1.37. The molecular formula is C15H24BrNO3S. The Bertz CT molecular complexity index is 429. The highest BCUT2D eigenvalue weighted by molar-refractivity contribution is 9.10. The van der Waals surface area contributed by atoms with E-state index in [1.54, 1.807) is 11.8 Å². The molecule has 1 aromatic rings. The zero-order valence-electron chi connectivity index (χ0n) is 12.7. The predicted molar refractivity (Wildman–Crippen MR) is 92.2 cm³/mol. The Kier molecular flexibility index (Phi) is 8.66. The molecule has 0 amide bonds. The molecule has 3 atom stereocenters. The largest absolute Gasteiger partial charge is 0.490 e. The van der Waals surface area contributed by atoms with Crippen molar-refractivity contribution in [1.29, 1.82) is 0 Å². The van der Waals surface area contributed by atoms with Gasteiger partial charge in [0.2, 0.25) is 0 Å². The number of nitrogens with one attached hydrogen (secondary N) is 1. The predicted octanol–water partition coefficient (Wildman–Crippen LogP) is 2.20. The van der Waals surface area contributed by atoms with Crippen molar-refractivity contribution in [1.82, 2.24) is 5.32 Å². The van der Waals surface area contributed by atoms with Gasteiger partial charge in [0.1, 0.15) is 18.5 Å². The summed E-state index contributed by atoms with van der Waals surface area (Å²) >= 11 is 5.06. The van der Waals surface area contributed by atoms with Gasteiger partial charge in [-0.25, -0.2) is 0 Å². The van der Waals surface area contributed by atoms with Crippen molar-refractivity contribution in [3.63, 3.8) is 0 Å². The van der Waals surface area contributed by atoms with E-state index in [-0.39, 0.29) is 24.5 Å². The molecule has 0 saturated carbocycles. The molecule has 1 aromatic carbocycles. The second-order valence-electron chi connectivity index (χ2n) is 5.05. The highest BCUT2D eigenvalue weighted by Crippen LogP contribution is 2.25. The molecule has 120 valence electrons. The molecule has 0 fully saturated rings. The normalized spacial score (nSPS) is 15.5. The van der Waals surface area contributed by atoms with Crippen molar-refractivity contribution < 1.29 is 14.9 Å². The van der Waals surface area contributed by atoms with Crippen molar-refractivity contribution in [3.8, 4) is 5.75 Å². The lowest BCUT2D eigenvalue weighted by molar-refractivity contribution is 0.103. The third kappa shape index (κ3) is 6.57. The first-order chi connectivity index (χ1) is 9.97. The summed E-state index contributed by atoms with van der Waals surface area (Å²) in [5, 5.41) is 22.5. The molecule has 0 spiro atoms. The minimum atomic E-state index is -0.596. The summed E-state index contributed by atoms with van der Waals surface area (Å²) in [7, 11) is 0. The summed E-state index contributed by atoms with van der Waals surface area (Å²) in [5.41, 5.74) is 1.15. The molecule has 3 unspecified atom stereocenters. The van der Waals surface area contributed by atoms with E-state index in [4.69, 9.17) is 4.74 Å². The van der Waals surface area contributed by atoms with Crippen LogP contribution >= 0.6 is 27.7 Å². The number of aryl methyl sites for hydroxylation is 1. The van der Waals surface area contributed by atoms with Crippen molar-refractivity contribution >= 4 is 27.7 Å². The molecule has 0 aliphatic carbocycles. The molecule has 0 aliphatic heterocycles. The number of halogens is 1. The topological polar surface area (TPSA) is 61.7 Å². The Hall–Kier alpha value is -0.270. The lowest BCUT2D eigenvalue weighted by atomic mass is 10.2. The van der Waals surface area contributed by atoms with Crippen molar-refractivity contribution in [2.75, 3.05) is 26.0 Å². The molecule has 0 heterocycles. The fraction of sp³-hybridized carbons (Fsp3) is 0.600. The van der Waals surface area contributed by atoms with E-state index >= 15 is 0 Å². The van der Waals surface area contributed by atoms with Gasteiger partial charge >= 0.3 is 0 Å². The van der Waals surface area contributed by atoms with Gasteiger partial charge in [-0.05, 0) is 53.7 Å². The maximum Gasteiger partial charge on any atom is 0.133 e. The molecule has 0 aromatic heterocycles. The van der Waals surface area contributed by atoms with Gasteiger partial charge in [0.25, 0.3) is 0 Å². The first-order valence-corrected chi connectivity index (χ1v) is 9.00. The molecule has 0 saturated heterocycles. The Labute approximate surface area is 139 Å². The lowest BCUT2D eigenvalue weighted by Gasteiger charge is -2.23. The molecule has 4 nitrogen and oxygen atoms in total. The fourth-order valence-electron chi connectivity index (χ4n) is 1.86. The van der Waals surface area contributed by atoms with Crippen molar-refractivity contribution in [3.05, 3.63) is 28.2 Å². The molecule has 6 heteroatoms. The SMILES string of the molecule is CSC(CO)C(C)NCC(O)COc1ccc(C)cc1Br. The molecule has 3 N–H and O–H groups in total. The van der Waals surface area contributed by atoms with E-state index in [0.29, 0.717) is 6.54 Å². The summed E-state index contributed by atoms with van der Waals surface area (Å²) in [6.45, 7) is 4.80. The summed E-state index contributed by atoms with van der Waals surface area (Å²) in [5.74, 6) is 0.727. The van der Waals surface area contributed by atoms with Crippen molar-refractivity contribution in [2.24, 2.45) is 0 Å². The number of aliphatic hydroxyl groups is 2. The van der Waals surface area contributed by atoms with Crippen LogP contribution in [-0.2, 0) is 0 Å². The Morgan fingerprint density at radius 1 is 1.43 bits per heavy atom. The maximum atomic E-state index is 9.96. The number of ether oxygens (including phenoxy) is 1. The Balaban J connectivity index is 2.35. The van der Waals surface area contributed by atoms with Gasteiger partial charge in [-0.15, -0.1) is 0 Å². The molecule has 21 heavy (non-hydrogen) atoms. The van der Waals surface area contributed by atoms with E-state index in [1.807, 2.05) is 38.3 Å². The molecule has 1 rings (SSSR count). The van der Waals surface area contributed by atoms with E-state index in [9.17, 15) is 10.2 Å². The molecular weight excluding hydrogens is 354 g/mol. The number of hydrogen-bond donors (Lipinski definition) is 3. The van der Waals surface area contributed by atoms with Crippen LogP contribution in [-0.4, -0.2) is 53.6 Å². The highest BCUT2D eigenvalue weighted by Gasteiger charge is 2.16. The zero-order chi connectivity index (χ0) is 15.8. The quantitative estimate of drug-likeness (QED) is 0.615. The third-order valence-corrected chi connectivity index (χ3v) is 5.02.